The molecule has 3 N–H and O–H groups in total. The van der Waals surface area contributed by atoms with E-state index in [0.29, 0.717) is 5.92 Å². The normalized spacial score (nSPS) is 18.1. The van der Waals surface area contributed by atoms with E-state index in [9.17, 15) is 0 Å². The van der Waals surface area contributed by atoms with Gasteiger partial charge in [-0.1, -0.05) is 89.6 Å². The van der Waals surface area contributed by atoms with E-state index in [1.807, 2.05) is 12.1 Å². The molecule has 0 bridgehead atoms. The fourth-order valence-electron chi connectivity index (χ4n) is 2.76. The molecule has 2 aromatic rings. The molecule has 0 saturated heterocycles. The number of benzene rings is 2. The maximum atomic E-state index is 5.94. The summed E-state index contributed by atoms with van der Waals surface area (Å²) in [4.78, 5) is 0.00696. The van der Waals surface area contributed by atoms with Gasteiger partial charge in [-0.15, -0.1) is 0 Å². The van der Waals surface area contributed by atoms with Gasteiger partial charge in [-0.2, -0.15) is 0 Å². The zero-order chi connectivity index (χ0) is 17.6. The van der Waals surface area contributed by atoms with Crippen molar-refractivity contribution >= 4 is 27.1 Å². The average molecular weight is 395 g/mol. The summed E-state index contributed by atoms with van der Waals surface area (Å²) in [5, 5.41) is 3.49. The Hall–Kier alpha value is -2.10. The maximum Gasteiger partial charge on any atom is 0.0634 e. The maximum absolute atomic E-state index is 5.94. The van der Waals surface area contributed by atoms with Gasteiger partial charge in [-0.3, -0.25) is 0 Å². The highest BCUT2D eigenvalue weighted by atomic mass is 79.9. The Labute approximate surface area is 158 Å². The van der Waals surface area contributed by atoms with Crippen molar-refractivity contribution in [2.24, 2.45) is 11.7 Å². The zero-order valence-corrected chi connectivity index (χ0v) is 15.9. The van der Waals surface area contributed by atoms with E-state index in [2.05, 4.69) is 95.1 Å². The van der Waals surface area contributed by atoms with Crippen molar-refractivity contribution in [3.05, 3.63) is 95.8 Å². The molecule has 3 heteroatoms. The van der Waals surface area contributed by atoms with Crippen LogP contribution in [0.4, 0.5) is 0 Å². The minimum Gasteiger partial charge on any atom is -0.361 e. The quantitative estimate of drug-likeness (QED) is 0.532. The van der Waals surface area contributed by atoms with Crippen LogP contribution in [0.15, 0.2) is 84.7 Å². The standard InChI is InChI=1S/C22H23BrN2/c1-16(22(23)24)12-13-21-20(18-10-6-3-7-11-18)14-19(15-25-21)17-8-4-2-5-9-17/h2-11,13-16,22,25H,12,24H2,1H3/b21-13+/t16?,22-/m0/s1. The number of halogens is 1. The SMILES string of the molecule is CC(C/C=C1/NC=C(c2ccccc2)C=C1c1ccccc1)[C@H](N)Br. The molecule has 0 aliphatic carbocycles. The van der Waals surface area contributed by atoms with E-state index in [4.69, 9.17) is 5.73 Å². The van der Waals surface area contributed by atoms with Gasteiger partial charge >= 0.3 is 0 Å². The molecule has 0 radical (unpaired) electrons. The lowest BCUT2D eigenvalue weighted by atomic mass is 9.93. The molecule has 2 atom stereocenters. The molecule has 128 valence electrons. The Morgan fingerprint density at radius 1 is 1.00 bits per heavy atom. The van der Waals surface area contributed by atoms with Crippen LogP contribution in [0.25, 0.3) is 11.1 Å². The van der Waals surface area contributed by atoms with Crippen molar-refractivity contribution in [3.63, 3.8) is 0 Å². The fraction of sp³-hybridized carbons (Fsp3) is 0.182. The van der Waals surface area contributed by atoms with Gasteiger partial charge in [0.05, 0.1) is 4.95 Å². The van der Waals surface area contributed by atoms with Crippen LogP contribution in [0.3, 0.4) is 0 Å². The third-order valence-electron chi connectivity index (χ3n) is 4.40. The Kier molecular flexibility index (Phi) is 5.90. The second-order valence-corrected chi connectivity index (χ2v) is 7.37. The molecule has 3 rings (SSSR count). The first kappa shape index (κ1) is 17.7. The predicted molar refractivity (Wildman–Crippen MR) is 111 cm³/mol. The van der Waals surface area contributed by atoms with Gasteiger partial charge < -0.3 is 11.1 Å². The monoisotopic (exact) mass is 394 g/mol. The Bertz CT molecular complexity index is 789. The molecule has 25 heavy (non-hydrogen) atoms. The summed E-state index contributed by atoms with van der Waals surface area (Å²) >= 11 is 3.47. The summed E-state index contributed by atoms with van der Waals surface area (Å²) in [6, 6.07) is 20.9. The second-order valence-electron chi connectivity index (χ2n) is 6.31. The van der Waals surface area contributed by atoms with E-state index < -0.39 is 0 Å². The van der Waals surface area contributed by atoms with Gasteiger partial charge in [0.25, 0.3) is 0 Å². The lowest BCUT2D eigenvalue weighted by molar-refractivity contribution is 0.577. The number of hydrogen-bond donors (Lipinski definition) is 2. The molecule has 0 spiro atoms. The smallest absolute Gasteiger partial charge is 0.0634 e. The molecular weight excluding hydrogens is 372 g/mol. The zero-order valence-electron chi connectivity index (χ0n) is 14.3. The van der Waals surface area contributed by atoms with Gasteiger partial charge in [-0.25, -0.2) is 0 Å². The number of allylic oxidation sites excluding steroid dienone is 4. The molecule has 0 aromatic heterocycles. The summed E-state index contributed by atoms with van der Waals surface area (Å²) in [5.41, 5.74) is 11.9. The number of hydrogen-bond acceptors (Lipinski definition) is 2. The van der Waals surface area contributed by atoms with Crippen LogP contribution in [0.2, 0.25) is 0 Å². The molecule has 2 nitrogen and oxygen atoms in total. The Balaban J connectivity index is 1.95. The van der Waals surface area contributed by atoms with Crippen molar-refractivity contribution in [1.29, 1.82) is 0 Å². The van der Waals surface area contributed by atoms with Crippen molar-refractivity contribution in [2.75, 3.05) is 0 Å². The largest absolute Gasteiger partial charge is 0.361 e. The number of dihydropyridines is 1. The molecular formula is C22H23BrN2. The van der Waals surface area contributed by atoms with Gasteiger partial charge in [0.2, 0.25) is 0 Å². The Morgan fingerprint density at radius 2 is 1.60 bits per heavy atom. The van der Waals surface area contributed by atoms with Crippen molar-refractivity contribution in [3.8, 4) is 0 Å². The van der Waals surface area contributed by atoms with Crippen LogP contribution in [0.1, 0.15) is 24.5 Å². The number of nitrogens with two attached hydrogens (primary N) is 1. The third kappa shape index (κ3) is 4.50. The second kappa shape index (κ2) is 8.32. The lowest BCUT2D eigenvalue weighted by Gasteiger charge is -2.21. The van der Waals surface area contributed by atoms with Gasteiger partial charge in [0.15, 0.2) is 0 Å². The van der Waals surface area contributed by atoms with E-state index in [0.717, 1.165) is 12.1 Å². The molecule has 0 saturated carbocycles. The minimum absolute atomic E-state index is 0.00696. The van der Waals surface area contributed by atoms with E-state index in [1.54, 1.807) is 0 Å². The molecule has 1 heterocycles. The predicted octanol–water partition coefficient (Wildman–Crippen LogP) is 5.30. The molecule has 0 fully saturated rings. The Morgan fingerprint density at radius 3 is 2.20 bits per heavy atom. The van der Waals surface area contributed by atoms with E-state index in [-0.39, 0.29) is 4.95 Å². The first-order chi connectivity index (χ1) is 12.1. The van der Waals surface area contributed by atoms with Crippen LogP contribution in [-0.4, -0.2) is 4.95 Å². The van der Waals surface area contributed by atoms with Crippen LogP contribution < -0.4 is 11.1 Å². The molecule has 1 aliphatic heterocycles. The van der Waals surface area contributed by atoms with Crippen LogP contribution in [-0.2, 0) is 0 Å². The fourth-order valence-corrected chi connectivity index (χ4v) is 2.98. The van der Waals surface area contributed by atoms with E-state index in [1.165, 1.54) is 22.3 Å². The van der Waals surface area contributed by atoms with Gasteiger partial charge in [-0.05, 0) is 35.1 Å². The van der Waals surface area contributed by atoms with Crippen molar-refractivity contribution < 1.29 is 0 Å². The number of rotatable bonds is 5. The van der Waals surface area contributed by atoms with E-state index >= 15 is 0 Å². The third-order valence-corrected chi connectivity index (χ3v) is 5.30. The van der Waals surface area contributed by atoms with Crippen molar-refractivity contribution in [2.45, 2.75) is 18.3 Å². The first-order valence-electron chi connectivity index (χ1n) is 8.54. The summed E-state index contributed by atoms with van der Waals surface area (Å²) in [5.74, 6) is 0.367. The van der Waals surface area contributed by atoms with Crippen molar-refractivity contribution in [1.82, 2.24) is 5.32 Å². The average Bonchev–Trinajstić information content (AvgIpc) is 2.67. The summed E-state index contributed by atoms with van der Waals surface area (Å²) in [6.45, 7) is 2.15. The molecule has 1 aliphatic rings. The first-order valence-corrected chi connectivity index (χ1v) is 9.46. The molecule has 2 aromatic carbocycles. The van der Waals surface area contributed by atoms with Crippen LogP contribution in [0.5, 0.6) is 0 Å². The number of alkyl halides is 1. The highest BCUT2D eigenvalue weighted by molar-refractivity contribution is 9.09. The highest BCUT2D eigenvalue weighted by Gasteiger charge is 2.15. The molecule has 0 amide bonds. The number of nitrogens with one attached hydrogen (secondary N) is 1. The topological polar surface area (TPSA) is 38.0 Å². The van der Waals surface area contributed by atoms with Crippen LogP contribution >= 0.6 is 15.9 Å². The lowest BCUT2D eigenvalue weighted by Crippen LogP contribution is -2.21. The highest BCUT2D eigenvalue weighted by Crippen LogP contribution is 2.31. The summed E-state index contributed by atoms with van der Waals surface area (Å²) in [6.07, 6.45) is 7.48. The minimum atomic E-state index is 0.00696. The van der Waals surface area contributed by atoms with Gasteiger partial charge in [0.1, 0.15) is 0 Å². The summed E-state index contributed by atoms with van der Waals surface area (Å²) in [7, 11) is 0. The van der Waals surface area contributed by atoms with Crippen LogP contribution in [0, 0.1) is 5.92 Å². The summed E-state index contributed by atoms with van der Waals surface area (Å²) < 4.78 is 0. The molecule has 1 unspecified atom stereocenters. The van der Waals surface area contributed by atoms with Gasteiger partial charge in [0, 0.05) is 17.5 Å².